The summed E-state index contributed by atoms with van der Waals surface area (Å²) in [6.45, 7) is 1.88. The number of aromatic nitrogens is 1. The summed E-state index contributed by atoms with van der Waals surface area (Å²) in [5, 5.41) is 7.45. The number of ether oxygens (including phenoxy) is 1. The van der Waals surface area contributed by atoms with Crippen molar-refractivity contribution in [2.75, 3.05) is 19.0 Å². The van der Waals surface area contributed by atoms with Crippen LogP contribution in [0.1, 0.15) is 5.56 Å². The molecule has 96 valence electrons. The zero-order chi connectivity index (χ0) is 12.8. The molecule has 0 spiro atoms. The van der Waals surface area contributed by atoms with Crippen molar-refractivity contribution in [3.63, 3.8) is 0 Å². The summed E-state index contributed by atoms with van der Waals surface area (Å²) in [7, 11) is 1.63. The molecule has 0 aromatic carbocycles. The lowest BCUT2D eigenvalue weighted by atomic mass is 10.3. The van der Waals surface area contributed by atoms with Crippen molar-refractivity contribution in [3.8, 4) is 0 Å². The molecule has 0 radical (unpaired) electrons. The summed E-state index contributed by atoms with van der Waals surface area (Å²) in [6, 6.07) is 5.46. The lowest BCUT2D eigenvalue weighted by molar-refractivity contribution is 0.186. The van der Waals surface area contributed by atoms with Crippen LogP contribution in [0.15, 0.2) is 40.0 Å². The molecule has 4 nitrogen and oxygen atoms in total. The Hall–Kier alpha value is -1.59. The van der Waals surface area contributed by atoms with Gasteiger partial charge in [0.05, 0.1) is 12.3 Å². The van der Waals surface area contributed by atoms with Gasteiger partial charge in [0.1, 0.15) is 0 Å². The highest BCUT2D eigenvalue weighted by molar-refractivity contribution is 7.07. The number of anilines is 1. The molecule has 0 aliphatic rings. The van der Waals surface area contributed by atoms with Crippen LogP contribution in [0.5, 0.6) is 0 Å². The van der Waals surface area contributed by atoms with Crippen LogP contribution in [0.25, 0.3) is 0 Å². The average Bonchev–Trinajstić information content (AvgIpc) is 2.89. The molecule has 0 saturated carbocycles. The van der Waals surface area contributed by atoms with E-state index < -0.39 is 0 Å². The molecule has 0 saturated heterocycles. The smallest absolute Gasteiger partial charge is 0.250 e. The first-order chi connectivity index (χ1) is 8.79. The molecule has 0 aliphatic carbocycles. The molecule has 2 heterocycles. The first-order valence-corrected chi connectivity index (χ1v) is 6.68. The van der Waals surface area contributed by atoms with Gasteiger partial charge in [-0.15, -0.1) is 0 Å². The second kappa shape index (κ2) is 6.37. The molecular weight excluding hydrogens is 248 g/mol. The van der Waals surface area contributed by atoms with Crippen LogP contribution in [0.4, 0.5) is 5.69 Å². The lowest BCUT2D eigenvalue weighted by Crippen LogP contribution is -2.21. The highest BCUT2D eigenvalue weighted by atomic mass is 32.1. The molecule has 2 aromatic heterocycles. The lowest BCUT2D eigenvalue weighted by Gasteiger charge is -2.09. The van der Waals surface area contributed by atoms with Crippen molar-refractivity contribution in [3.05, 3.63) is 51.1 Å². The Labute approximate surface area is 110 Å². The quantitative estimate of drug-likeness (QED) is 0.869. The van der Waals surface area contributed by atoms with E-state index in [-0.39, 0.29) is 5.56 Å². The Morgan fingerprint density at radius 2 is 2.28 bits per heavy atom. The maximum Gasteiger partial charge on any atom is 0.250 e. The van der Waals surface area contributed by atoms with Gasteiger partial charge in [-0.25, -0.2) is 0 Å². The molecule has 2 aromatic rings. The number of hydrogen-bond donors (Lipinski definition) is 1. The van der Waals surface area contributed by atoms with Gasteiger partial charge in [0.15, 0.2) is 0 Å². The van der Waals surface area contributed by atoms with Crippen LogP contribution < -0.4 is 10.9 Å². The Morgan fingerprint density at radius 3 is 3.00 bits per heavy atom. The summed E-state index contributed by atoms with van der Waals surface area (Å²) in [6.07, 6.45) is 1.83. The number of nitrogens with one attached hydrogen (secondary N) is 1. The fraction of sp³-hybridized carbons (Fsp3) is 0.308. The third-order valence-corrected chi connectivity index (χ3v) is 3.33. The van der Waals surface area contributed by atoms with Gasteiger partial charge in [0.25, 0.3) is 5.56 Å². The van der Waals surface area contributed by atoms with Crippen LogP contribution in [0, 0.1) is 0 Å². The maximum atomic E-state index is 11.6. The number of hydrogen-bond acceptors (Lipinski definition) is 4. The van der Waals surface area contributed by atoms with Crippen molar-refractivity contribution in [1.29, 1.82) is 0 Å². The molecule has 0 unspecified atom stereocenters. The second-order valence-electron chi connectivity index (χ2n) is 3.93. The normalized spacial score (nSPS) is 10.5. The molecule has 18 heavy (non-hydrogen) atoms. The van der Waals surface area contributed by atoms with Gasteiger partial charge in [-0.05, 0) is 28.5 Å². The van der Waals surface area contributed by atoms with Crippen molar-refractivity contribution < 1.29 is 4.74 Å². The first kappa shape index (κ1) is 12.9. The zero-order valence-electron chi connectivity index (χ0n) is 10.3. The van der Waals surface area contributed by atoms with Crippen LogP contribution in [-0.4, -0.2) is 18.3 Å². The predicted octanol–water partition coefficient (Wildman–Crippen LogP) is 2.17. The highest BCUT2D eigenvalue weighted by Gasteiger charge is 1.99. The number of pyridine rings is 1. The van der Waals surface area contributed by atoms with Crippen molar-refractivity contribution in [2.45, 2.75) is 13.1 Å². The summed E-state index contributed by atoms with van der Waals surface area (Å²) in [4.78, 5) is 11.6. The van der Waals surface area contributed by atoms with E-state index in [0.29, 0.717) is 13.2 Å². The maximum absolute atomic E-state index is 11.6. The minimum atomic E-state index is -0.00636. The van der Waals surface area contributed by atoms with E-state index in [1.165, 1.54) is 5.56 Å². The minimum absolute atomic E-state index is 0.00636. The van der Waals surface area contributed by atoms with Crippen molar-refractivity contribution in [2.24, 2.45) is 0 Å². The molecule has 2 rings (SSSR count). The molecule has 5 heteroatoms. The van der Waals surface area contributed by atoms with Crippen LogP contribution in [-0.2, 0) is 17.8 Å². The van der Waals surface area contributed by atoms with E-state index in [0.717, 1.165) is 12.2 Å². The van der Waals surface area contributed by atoms with Gasteiger partial charge in [-0.2, -0.15) is 11.3 Å². The Kier molecular flexibility index (Phi) is 4.55. The summed E-state index contributed by atoms with van der Waals surface area (Å²) in [5.41, 5.74) is 2.18. The average molecular weight is 264 g/mol. The number of thiophene rings is 1. The number of methoxy groups -OCH3 is 1. The van der Waals surface area contributed by atoms with Crippen LogP contribution >= 0.6 is 11.3 Å². The van der Waals surface area contributed by atoms with Gasteiger partial charge < -0.3 is 14.6 Å². The molecule has 0 aliphatic heterocycles. The minimum Gasteiger partial charge on any atom is -0.383 e. The van der Waals surface area contributed by atoms with E-state index in [2.05, 4.69) is 22.1 Å². The van der Waals surface area contributed by atoms with Gasteiger partial charge in [0, 0.05) is 32.5 Å². The SMILES string of the molecule is COCCn1cc(NCc2ccsc2)ccc1=O. The van der Waals surface area contributed by atoms with Gasteiger partial charge in [-0.3, -0.25) is 4.79 Å². The second-order valence-corrected chi connectivity index (χ2v) is 4.71. The van der Waals surface area contributed by atoms with Crippen LogP contribution in [0.2, 0.25) is 0 Å². The van der Waals surface area contributed by atoms with E-state index in [1.807, 2.05) is 6.20 Å². The van der Waals surface area contributed by atoms with Crippen molar-refractivity contribution in [1.82, 2.24) is 4.57 Å². The molecule has 0 atom stereocenters. The summed E-state index contributed by atoms with van der Waals surface area (Å²) >= 11 is 1.68. The van der Waals surface area contributed by atoms with Crippen LogP contribution in [0.3, 0.4) is 0 Å². The van der Waals surface area contributed by atoms with E-state index >= 15 is 0 Å². The van der Waals surface area contributed by atoms with Crippen molar-refractivity contribution >= 4 is 17.0 Å². The Bertz CT molecular complexity index is 534. The number of rotatable bonds is 6. The van der Waals surface area contributed by atoms with Gasteiger partial charge >= 0.3 is 0 Å². The van der Waals surface area contributed by atoms with Gasteiger partial charge in [-0.1, -0.05) is 0 Å². The molecule has 0 amide bonds. The third-order valence-electron chi connectivity index (χ3n) is 2.60. The van der Waals surface area contributed by atoms with E-state index in [4.69, 9.17) is 4.74 Å². The zero-order valence-corrected chi connectivity index (χ0v) is 11.1. The summed E-state index contributed by atoms with van der Waals surface area (Å²) < 4.78 is 6.63. The number of nitrogens with zero attached hydrogens (tertiary/aromatic N) is 1. The van der Waals surface area contributed by atoms with Gasteiger partial charge in [0.2, 0.25) is 0 Å². The first-order valence-electron chi connectivity index (χ1n) is 5.74. The molecule has 0 bridgehead atoms. The molecule has 0 fully saturated rings. The predicted molar refractivity (Wildman–Crippen MR) is 74.2 cm³/mol. The Morgan fingerprint density at radius 1 is 1.39 bits per heavy atom. The summed E-state index contributed by atoms with van der Waals surface area (Å²) in [5.74, 6) is 0. The van der Waals surface area contributed by atoms with E-state index in [9.17, 15) is 4.79 Å². The van der Waals surface area contributed by atoms with E-state index in [1.54, 1.807) is 35.1 Å². The fourth-order valence-electron chi connectivity index (χ4n) is 1.60. The fourth-order valence-corrected chi connectivity index (χ4v) is 2.27. The standard InChI is InChI=1S/C13H16N2O2S/c1-17-6-5-15-9-12(2-3-13(15)16)14-8-11-4-7-18-10-11/h2-4,7,9-10,14H,5-6,8H2,1H3. The molecular formula is C13H16N2O2S. The topological polar surface area (TPSA) is 43.3 Å². The third kappa shape index (κ3) is 3.45. The monoisotopic (exact) mass is 264 g/mol. The molecule has 1 N–H and O–H groups in total. The Balaban J connectivity index is 2.02. The largest absolute Gasteiger partial charge is 0.383 e. The highest BCUT2D eigenvalue weighted by Crippen LogP contribution is 2.10.